The average Bonchev–Trinajstić information content (AvgIpc) is 2.59. The number of hydrogen-bond acceptors (Lipinski definition) is 3. The number of carbonyl (C=O) groups is 2. The Labute approximate surface area is 97.4 Å². The van der Waals surface area contributed by atoms with Gasteiger partial charge in [-0.3, -0.25) is 14.5 Å². The van der Waals surface area contributed by atoms with Crippen molar-refractivity contribution in [1.82, 2.24) is 10.2 Å². The molecule has 4 heteroatoms. The lowest BCUT2D eigenvalue weighted by Crippen LogP contribution is -2.39. The second-order valence-electron chi connectivity index (χ2n) is 4.29. The van der Waals surface area contributed by atoms with Gasteiger partial charge in [-0.2, -0.15) is 0 Å². The minimum atomic E-state index is -0.0182. The number of likely N-dealkylation sites (tertiary alicyclic amines) is 1. The van der Waals surface area contributed by atoms with Crippen molar-refractivity contribution in [3.05, 3.63) is 0 Å². The summed E-state index contributed by atoms with van der Waals surface area (Å²) in [4.78, 5) is 24.0. The highest BCUT2D eigenvalue weighted by atomic mass is 16.2. The highest BCUT2D eigenvalue weighted by Crippen LogP contribution is 2.10. The lowest BCUT2D eigenvalue weighted by Gasteiger charge is -2.19. The van der Waals surface area contributed by atoms with Crippen LogP contribution in [0, 0.1) is 0 Å². The van der Waals surface area contributed by atoms with Gasteiger partial charge in [0.1, 0.15) is 0 Å². The Bertz CT molecular complexity index is 237. The topological polar surface area (TPSA) is 49.4 Å². The summed E-state index contributed by atoms with van der Waals surface area (Å²) < 4.78 is 0. The van der Waals surface area contributed by atoms with Gasteiger partial charge in [0, 0.05) is 32.0 Å². The van der Waals surface area contributed by atoms with Crippen LogP contribution in [-0.2, 0) is 9.59 Å². The van der Waals surface area contributed by atoms with E-state index in [1.54, 1.807) is 0 Å². The molecule has 1 rings (SSSR count). The quantitative estimate of drug-likeness (QED) is 0.666. The summed E-state index contributed by atoms with van der Waals surface area (Å²) in [6, 6.07) is 0.512. The van der Waals surface area contributed by atoms with Crippen LogP contribution in [0.2, 0.25) is 0 Å². The van der Waals surface area contributed by atoms with Gasteiger partial charge in [0.25, 0.3) is 0 Å². The van der Waals surface area contributed by atoms with E-state index in [2.05, 4.69) is 19.2 Å². The fourth-order valence-corrected chi connectivity index (χ4v) is 2.05. The molecule has 1 N–H and O–H groups in total. The van der Waals surface area contributed by atoms with Gasteiger partial charge in [-0.05, 0) is 12.8 Å². The SMILES string of the molecule is CCCC(CC)NCCN1C(=O)CCC1=O. The fraction of sp³-hybridized carbons (Fsp3) is 0.833. The van der Waals surface area contributed by atoms with Crippen LogP contribution in [0.4, 0.5) is 0 Å². The zero-order valence-electron chi connectivity index (χ0n) is 10.3. The van der Waals surface area contributed by atoms with Crippen LogP contribution in [0.15, 0.2) is 0 Å². The van der Waals surface area contributed by atoms with Crippen LogP contribution in [0.25, 0.3) is 0 Å². The van der Waals surface area contributed by atoms with Gasteiger partial charge < -0.3 is 5.32 Å². The summed E-state index contributed by atoms with van der Waals surface area (Å²) in [6.07, 6.45) is 4.19. The molecule has 0 aromatic rings. The highest BCUT2D eigenvalue weighted by molar-refractivity contribution is 6.01. The molecular formula is C12H22N2O2. The van der Waals surface area contributed by atoms with Crippen LogP contribution in [0.3, 0.4) is 0 Å². The molecule has 1 unspecified atom stereocenters. The molecule has 0 aromatic heterocycles. The van der Waals surface area contributed by atoms with Crippen molar-refractivity contribution < 1.29 is 9.59 Å². The molecule has 16 heavy (non-hydrogen) atoms. The van der Waals surface area contributed by atoms with E-state index in [0.29, 0.717) is 25.4 Å². The van der Waals surface area contributed by atoms with Gasteiger partial charge in [-0.25, -0.2) is 0 Å². The third-order valence-corrected chi connectivity index (χ3v) is 3.05. The van der Waals surface area contributed by atoms with Crippen LogP contribution in [0.1, 0.15) is 46.0 Å². The van der Waals surface area contributed by atoms with Crippen molar-refractivity contribution in [3.63, 3.8) is 0 Å². The Hall–Kier alpha value is -0.900. The molecule has 1 saturated heterocycles. The van der Waals surface area contributed by atoms with Crippen molar-refractivity contribution in [2.45, 2.75) is 52.0 Å². The zero-order valence-corrected chi connectivity index (χ0v) is 10.3. The van der Waals surface area contributed by atoms with Crippen LogP contribution >= 0.6 is 0 Å². The zero-order chi connectivity index (χ0) is 12.0. The number of carbonyl (C=O) groups excluding carboxylic acids is 2. The largest absolute Gasteiger partial charge is 0.312 e. The fourth-order valence-electron chi connectivity index (χ4n) is 2.05. The maximum atomic E-state index is 11.3. The molecule has 0 bridgehead atoms. The van der Waals surface area contributed by atoms with Crippen molar-refractivity contribution in [1.29, 1.82) is 0 Å². The Morgan fingerprint density at radius 2 is 1.88 bits per heavy atom. The number of imide groups is 1. The molecule has 2 amide bonds. The maximum Gasteiger partial charge on any atom is 0.229 e. The number of rotatable bonds is 7. The number of nitrogens with one attached hydrogen (secondary N) is 1. The predicted molar refractivity (Wildman–Crippen MR) is 62.9 cm³/mol. The van der Waals surface area contributed by atoms with Crippen LogP contribution < -0.4 is 5.32 Å². The van der Waals surface area contributed by atoms with E-state index in [1.807, 2.05) is 0 Å². The molecule has 0 spiro atoms. The first kappa shape index (κ1) is 13.2. The van der Waals surface area contributed by atoms with E-state index in [1.165, 1.54) is 4.90 Å². The van der Waals surface area contributed by atoms with Gasteiger partial charge in [-0.1, -0.05) is 20.3 Å². The van der Waals surface area contributed by atoms with Gasteiger partial charge in [-0.15, -0.1) is 0 Å². The van der Waals surface area contributed by atoms with Gasteiger partial charge in [0.05, 0.1) is 0 Å². The summed E-state index contributed by atoms with van der Waals surface area (Å²) in [7, 11) is 0. The molecule has 0 saturated carbocycles. The first-order chi connectivity index (χ1) is 7.69. The minimum Gasteiger partial charge on any atom is -0.312 e. The van der Waals surface area contributed by atoms with E-state index in [4.69, 9.17) is 0 Å². The molecule has 1 heterocycles. The lowest BCUT2D eigenvalue weighted by atomic mass is 10.1. The van der Waals surface area contributed by atoms with E-state index in [-0.39, 0.29) is 11.8 Å². The smallest absolute Gasteiger partial charge is 0.229 e. The Kier molecular flexibility index (Phi) is 5.46. The minimum absolute atomic E-state index is 0.0182. The Balaban J connectivity index is 2.23. The van der Waals surface area contributed by atoms with Crippen molar-refractivity contribution >= 4 is 11.8 Å². The molecule has 0 radical (unpaired) electrons. The summed E-state index contributed by atoms with van der Waals surface area (Å²) in [5.74, 6) is -0.0364. The van der Waals surface area contributed by atoms with E-state index < -0.39 is 0 Å². The van der Waals surface area contributed by atoms with E-state index in [9.17, 15) is 9.59 Å². The number of nitrogens with zero attached hydrogens (tertiary/aromatic N) is 1. The highest BCUT2D eigenvalue weighted by Gasteiger charge is 2.28. The standard InChI is InChI=1S/C12H22N2O2/c1-3-5-10(4-2)13-8-9-14-11(15)6-7-12(14)16/h10,13H,3-9H2,1-2H3. The summed E-state index contributed by atoms with van der Waals surface area (Å²) in [6.45, 7) is 5.56. The molecule has 1 aliphatic heterocycles. The monoisotopic (exact) mass is 226 g/mol. The second kappa shape index (κ2) is 6.63. The van der Waals surface area contributed by atoms with Crippen LogP contribution in [-0.4, -0.2) is 35.8 Å². The number of amides is 2. The lowest BCUT2D eigenvalue weighted by molar-refractivity contribution is -0.138. The normalized spacial score (nSPS) is 18.2. The van der Waals surface area contributed by atoms with Crippen LogP contribution in [0.5, 0.6) is 0 Å². The second-order valence-corrected chi connectivity index (χ2v) is 4.29. The maximum absolute atomic E-state index is 11.3. The van der Waals surface area contributed by atoms with Gasteiger partial charge in [0.15, 0.2) is 0 Å². The third kappa shape index (κ3) is 3.59. The molecule has 1 aliphatic rings. The number of hydrogen-bond donors (Lipinski definition) is 1. The molecule has 4 nitrogen and oxygen atoms in total. The van der Waals surface area contributed by atoms with Gasteiger partial charge in [0.2, 0.25) is 11.8 Å². The summed E-state index contributed by atoms with van der Waals surface area (Å²) >= 11 is 0. The molecule has 0 aliphatic carbocycles. The third-order valence-electron chi connectivity index (χ3n) is 3.05. The van der Waals surface area contributed by atoms with Crippen molar-refractivity contribution in [2.24, 2.45) is 0 Å². The molecule has 0 aromatic carbocycles. The van der Waals surface area contributed by atoms with Crippen molar-refractivity contribution in [2.75, 3.05) is 13.1 Å². The average molecular weight is 226 g/mol. The van der Waals surface area contributed by atoms with Gasteiger partial charge >= 0.3 is 0 Å². The Morgan fingerprint density at radius 3 is 2.38 bits per heavy atom. The van der Waals surface area contributed by atoms with E-state index in [0.717, 1.165) is 25.8 Å². The summed E-state index contributed by atoms with van der Waals surface area (Å²) in [5, 5.41) is 3.39. The molecular weight excluding hydrogens is 204 g/mol. The molecule has 92 valence electrons. The Morgan fingerprint density at radius 1 is 1.25 bits per heavy atom. The molecule has 1 fully saturated rings. The molecule has 1 atom stereocenters. The predicted octanol–water partition coefficient (Wildman–Crippen LogP) is 1.30. The van der Waals surface area contributed by atoms with Crippen molar-refractivity contribution in [3.8, 4) is 0 Å². The first-order valence-corrected chi connectivity index (χ1v) is 6.25. The van der Waals surface area contributed by atoms with E-state index >= 15 is 0 Å². The summed E-state index contributed by atoms with van der Waals surface area (Å²) in [5.41, 5.74) is 0. The first-order valence-electron chi connectivity index (χ1n) is 6.25.